The molecular weight excluding hydrogens is 306 g/mol. The van der Waals surface area contributed by atoms with Gasteiger partial charge in [0.2, 0.25) is 5.91 Å². The van der Waals surface area contributed by atoms with Gasteiger partial charge in [-0.3, -0.25) is 29.7 Å². The van der Waals surface area contributed by atoms with Crippen molar-refractivity contribution in [2.75, 3.05) is 5.32 Å². The summed E-state index contributed by atoms with van der Waals surface area (Å²) in [4.78, 5) is 32.8. The van der Waals surface area contributed by atoms with Crippen molar-refractivity contribution in [1.29, 1.82) is 0 Å². The van der Waals surface area contributed by atoms with E-state index in [1.54, 1.807) is 6.07 Å². The summed E-state index contributed by atoms with van der Waals surface area (Å²) in [6, 6.07) is 4.84. The highest BCUT2D eigenvalue weighted by atomic mass is 16.6. The Bertz CT molecular complexity index is 785. The molecule has 0 spiro atoms. The van der Waals surface area contributed by atoms with Crippen molar-refractivity contribution in [3.8, 4) is 0 Å². The van der Waals surface area contributed by atoms with Gasteiger partial charge in [-0.2, -0.15) is 5.10 Å². The quantitative estimate of drug-likeness (QED) is 0.663. The van der Waals surface area contributed by atoms with Crippen LogP contribution in [0.1, 0.15) is 18.7 Å². The first-order valence-corrected chi connectivity index (χ1v) is 6.55. The molecule has 1 aromatic heterocycles. The Labute approximate surface area is 130 Å². The highest BCUT2D eigenvalue weighted by molar-refractivity contribution is 5.95. The van der Waals surface area contributed by atoms with Gasteiger partial charge in [0.1, 0.15) is 23.6 Å². The summed E-state index contributed by atoms with van der Waals surface area (Å²) in [7, 11) is 0. The van der Waals surface area contributed by atoms with Gasteiger partial charge in [0, 0.05) is 6.07 Å². The van der Waals surface area contributed by atoms with Gasteiger partial charge in [0.15, 0.2) is 0 Å². The minimum absolute atomic E-state index is 0.0497. The molecule has 1 aromatic carbocycles. The Hall–Kier alpha value is -3.30. The van der Waals surface area contributed by atoms with Crippen LogP contribution in [0.2, 0.25) is 0 Å². The molecule has 0 radical (unpaired) electrons. The number of para-hydroxylation sites is 2. The molecule has 23 heavy (non-hydrogen) atoms. The molecule has 120 valence electrons. The first-order chi connectivity index (χ1) is 10.8. The molecule has 0 fully saturated rings. The highest BCUT2D eigenvalue weighted by Gasteiger charge is 2.25. The van der Waals surface area contributed by atoms with E-state index in [9.17, 15) is 25.0 Å². The number of benzene rings is 1. The van der Waals surface area contributed by atoms with Crippen LogP contribution in [0.15, 0.2) is 30.5 Å². The highest BCUT2D eigenvalue weighted by Crippen LogP contribution is 2.25. The van der Waals surface area contributed by atoms with E-state index in [4.69, 9.17) is 0 Å². The van der Waals surface area contributed by atoms with Gasteiger partial charge in [-0.25, -0.2) is 0 Å². The van der Waals surface area contributed by atoms with E-state index in [-0.39, 0.29) is 22.8 Å². The third-order valence-corrected chi connectivity index (χ3v) is 3.32. The van der Waals surface area contributed by atoms with Crippen molar-refractivity contribution in [3.63, 3.8) is 0 Å². The second-order valence-corrected chi connectivity index (χ2v) is 4.76. The number of anilines is 1. The molecule has 0 aliphatic heterocycles. The lowest BCUT2D eigenvalue weighted by Gasteiger charge is -2.14. The zero-order valence-electron chi connectivity index (χ0n) is 12.3. The number of nitro groups is 2. The van der Waals surface area contributed by atoms with Crippen LogP contribution in [-0.2, 0) is 4.79 Å². The van der Waals surface area contributed by atoms with Gasteiger partial charge in [0.25, 0.3) is 5.69 Å². The van der Waals surface area contributed by atoms with Gasteiger partial charge >= 0.3 is 5.69 Å². The van der Waals surface area contributed by atoms with Crippen LogP contribution < -0.4 is 5.32 Å². The Morgan fingerprint density at radius 3 is 2.39 bits per heavy atom. The fourth-order valence-electron chi connectivity index (χ4n) is 2.07. The molecule has 0 bridgehead atoms. The van der Waals surface area contributed by atoms with Crippen LogP contribution in [0.3, 0.4) is 0 Å². The third kappa shape index (κ3) is 3.15. The summed E-state index contributed by atoms with van der Waals surface area (Å²) in [5, 5.41) is 28.0. The number of carbonyl (C=O) groups excluding carboxylic acids is 1. The summed E-state index contributed by atoms with van der Waals surface area (Å²) < 4.78 is 1.20. The summed E-state index contributed by atoms with van der Waals surface area (Å²) in [5.41, 5.74) is -0.166. The Morgan fingerprint density at radius 2 is 1.83 bits per heavy atom. The van der Waals surface area contributed by atoms with E-state index < -0.39 is 21.8 Å². The molecule has 10 nitrogen and oxygen atoms in total. The molecule has 2 aromatic rings. The van der Waals surface area contributed by atoms with Gasteiger partial charge in [0.05, 0.1) is 9.85 Å². The lowest BCUT2D eigenvalue weighted by molar-refractivity contribution is -0.385. The van der Waals surface area contributed by atoms with E-state index in [1.165, 1.54) is 36.7 Å². The number of hydrogen-bond acceptors (Lipinski definition) is 6. The molecule has 10 heteroatoms. The molecule has 0 aliphatic rings. The van der Waals surface area contributed by atoms with Gasteiger partial charge in [-0.1, -0.05) is 12.1 Å². The number of nitrogens with one attached hydrogen (secondary N) is 1. The van der Waals surface area contributed by atoms with Crippen molar-refractivity contribution in [1.82, 2.24) is 9.78 Å². The van der Waals surface area contributed by atoms with E-state index in [1.807, 2.05) is 0 Å². The van der Waals surface area contributed by atoms with E-state index in [0.717, 1.165) is 6.20 Å². The largest absolute Gasteiger partial charge is 0.319 e. The third-order valence-electron chi connectivity index (χ3n) is 3.32. The van der Waals surface area contributed by atoms with E-state index >= 15 is 0 Å². The summed E-state index contributed by atoms with van der Waals surface area (Å²) in [5.74, 6) is -0.569. The number of carbonyl (C=O) groups is 1. The predicted octanol–water partition coefficient (Wildman–Crippen LogP) is 2.21. The molecule has 0 saturated carbocycles. The molecular formula is C13H13N5O5. The number of hydrogen-bond donors (Lipinski definition) is 1. The normalized spacial score (nSPS) is 11.7. The Morgan fingerprint density at radius 1 is 1.22 bits per heavy atom. The lowest BCUT2D eigenvalue weighted by atomic mass is 10.2. The van der Waals surface area contributed by atoms with Crippen molar-refractivity contribution < 1.29 is 14.6 Å². The second-order valence-electron chi connectivity index (χ2n) is 4.76. The summed E-state index contributed by atoms with van der Waals surface area (Å²) in [6.07, 6.45) is 1.06. The monoisotopic (exact) mass is 319 g/mol. The molecule has 1 atom stereocenters. The minimum Gasteiger partial charge on any atom is -0.319 e. The number of rotatable bonds is 5. The van der Waals surface area contributed by atoms with Crippen molar-refractivity contribution in [3.05, 3.63) is 56.4 Å². The standard InChI is InChI=1S/C13H13N5O5/c1-8-12(18(22)23)7-14-16(8)9(2)13(19)15-10-5-3-4-6-11(10)17(20)21/h3-7,9H,1-2H3,(H,15,19). The SMILES string of the molecule is Cc1c([N+](=O)[O-])cnn1C(C)C(=O)Nc1ccccc1[N+](=O)[O-]. The Balaban J connectivity index is 2.25. The van der Waals surface area contributed by atoms with Gasteiger partial charge < -0.3 is 5.32 Å². The first kappa shape index (κ1) is 16.1. The van der Waals surface area contributed by atoms with Crippen LogP contribution in [0.25, 0.3) is 0 Å². The number of aromatic nitrogens is 2. The molecule has 0 saturated heterocycles. The second kappa shape index (κ2) is 6.22. The summed E-state index contributed by atoms with van der Waals surface area (Å²) >= 11 is 0. The maximum absolute atomic E-state index is 12.3. The van der Waals surface area contributed by atoms with Crippen molar-refractivity contribution in [2.24, 2.45) is 0 Å². The van der Waals surface area contributed by atoms with E-state index in [0.29, 0.717) is 0 Å². The van der Waals surface area contributed by atoms with Crippen LogP contribution in [-0.4, -0.2) is 25.5 Å². The van der Waals surface area contributed by atoms with Crippen LogP contribution in [0.4, 0.5) is 17.1 Å². The number of nitrogens with zero attached hydrogens (tertiary/aromatic N) is 4. The zero-order chi connectivity index (χ0) is 17.1. The fraction of sp³-hybridized carbons (Fsp3) is 0.231. The van der Waals surface area contributed by atoms with Crippen molar-refractivity contribution >= 4 is 23.0 Å². The van der Waals surface area contributed by atoms with Gasteiger partial charge in [-0.15, -0.1) is 0 Å². The first-order valence-electron chi connectivity index (χ1n) is 6.55. The predicted molar refractivity (Wildman–Crippen MR) is 80.1 cm³/mol. The molecule has 1 N–H and O–H groups in total. The summed E-state index contributed by atoms with van der Waals surface area (Å²) in [6.45, 7) is 2.97. The van der Waals surface area contributed by atoms with E-state index in [2.05, 4.69) is 10.4 Å². The Kier molecular flexibility index (Phi) is 4.35. The number of amides is 1. The maximum atomic E-state index is 12.3. The fourth-order valence-corrected chi connectivity index (χ4v) is 2.07. The average Bonchev–Trinajstić information content (AvgIpc) is 2.88. The van der Waals surface area contributed by atoms with Crippen LogP contribution >= 0.6 is 0 Å². The molecule has 1 unspecified atom stereocenters. The number of nitro benzene ring substituents is 1. The molecule has 0 aliphatic carbocycles. The minimum atomic E-state index is -0.872. The van der Waals surface area contributed by atoms with Crippen LogP contribution in [0, 0.1) is 27.2 Å². The topological polar surface area (TPSA) is 133 Å². The maximum Gasteiger partial charge on any atom is 0.309 e. The van der Waals surface area contributed by atoms with Crippen molar-refractivity contribution in [2.45, 2.75) is 19.9 Å². The van der Waals surface area contributed by atoms with Gasteiger partial charge in [-0.05, 0) is 19.9 Å². The molecule has 1 heterocycles. The average molecular weight is 319 g/mol. The van der Waals surface area contributed by atoms with Crippen LogP contribution in [0.5, 0.6) is 0 Å². The molecule has 2 rings (SSSR count). The zero-order valence-corrected chi connectivity index (χ0v) is 12.3. The molecule has 1 amide bonds. The lowest BCUT2D eigenvalue weighted by Crippen LogP contribution is -2.25. The smallest absolute Gasteiger partial charge is 0.309 e.